The lowest BCUT2D eigenvalue weighted by Crippen LogP contribution is -2.61. The highest BCUT2D eigenvalue weighted by atomic mass is 15.2. The van der Waals surface area contributed by atoms with Gasteiger partial charge in [0.25, 0.3) is 6.71 Å². The zero-order chi connectivity index (χ0) is 41.5. The first-order chi connectivity index (χ1) is 28.6. The average molecular weight is 779 g/mol. The van der Waals surface area contributed by atoms with Crippen molar-refractivity contribution in [3.63, 3.8) is 0 Å². The molecule has 0 bridgehead atoms. The Morgan fingerprint density at radius 2 is 0.883 bits per heavy atom. The Balaban J connectivity index is 1.23. The van der Waals surface area contributed by atoms with E-state index in [0.717, 1.165) is 12.8 Å². The Labute approximate surface area is 358 Å². The molecule has 0 radical (unpaired) electrons. The number of anilines is 6. The molecule has 3 heteroatoms. The van der Waals surface area contributed by atoms with Crippen LogP contribution in [0.25, 0.3) is 22.3 Å². The Hall–Kier alpha value is -5.80. The van der Waals surface area contributed by atoms with Gasteiger partial charge >= 0.3 is 0 Å². The zero-order valence-electron chi connectivity index (χ0n) is 36.7. The van der Waals surface area contributed by atoms with Crippen molar-refractivity contribution in [2.45, 2.75) is 96.8 Å². The summed E-state index contributed by atoms with van der Waals surface area (Å²) in [4.78, 5) is 5.23. The quantitative estimate of drug-likeness (QED) is 0.164. The van der Waals surface area contributed by atoms with Gasteiger partial charge in [-0.1, -0.05) is 152 Å². The fraction of sp³-hybridized carbons (Fsp3) is 0.263. The summed E-state index contributed by atoms with van der Waals surface area (Å²) in [5.74, 6) is 0. The lowest BCUT2D eigenvalue weighted by atomic mass is 9.33. The van der Waals surface area contributed by atoms with Crippen LogP contribution in [0.5, 0.6) is 0 Å². The number of hydrogen-bond acceptors (Lipinski definition) is 2. The van der Waals surface area contributed by atoms with Gasteiger partial charge in [0.15, 0.2) is 0 Å². The highest BCUT2D eigenvalue weighted by molar-refractivity contribution is 7.00. The predicted octanol–water partition coefficient (Wildman–Crippen LogP) is 13.3. The monoisotopic (exact) mass is 778 g/mol. The van der Waals surface area contributed by atoms with E-state index in [1.54, 1.807) is 0 Å². The maximum Gasteiger partial charge on any atom is 0.252 e. The molecule has 4 aliphatic rings. The summed E-state index contributed by atoms with van der Waals surface area (Å²) in [5.41, 5.74) is 24.2. The lowest BCUT2D eigenvalue weighted by molar-refractivity contribution is 0.403. The molecule has 2 aliphatic heterocycles. The summed E-state index contributed by atoms with van der Waals surface area (Å²) in [6, 6.07) is 55.8. The fourth-order valence-electron chi connectivity index (χ4n) is 12.5. The third-order valence-electron chi connectivity index (χ3n) is 14.6. The van der Waals surface area contributed by atoms with Crippen molar-refractivity contribution in [1.82, 2.24) is 0 Å². The molecule has 60 heavy (non-hydrogen) atoms. The standard InChI is InChI=1S/C57H55BN2/c1-36-27-51-53-52(28-36)60(42-24-25-43-44(31-42)55(4,5)34-54(43,2)3)50-33-46-45(56(6,7)35-57(46,8)9)32-48(50)58(53)47-26-23-40(38-19-14-11-15-20-38)30-49(47)59(51)41-22-16-21-39(29-41)37-17-12-10-13-18-37/h10-33H,34-35H2,1-9H3. The molecule has 7 aromatic carbocycles. The van der Waals surface area contributed by atoms with Gasteiger partial charge in [-0.25, -0.2) is 0 Å². The molecule has 7 aromatic rings. The zero-order valence-corrected chi connectivity index (χ0v) is 36.7. The van der Waals surface area contributed by atoms with Gasteiger partial charge in [-0.05, 0) is 156 Å². The van der Waals surface area contributed by atoms with E-state index < -0.39 is 0 Å². The van der Waals surface area contributed by atoms with E-state index in [0.29, 0.717) is 0 Å². The molecule has 2 heterocycles. The molecule has 0 saturated carbocycles. The highest BCUT2D eigenvalue weighted by Crippen LogP contribution is 2.55. The van der Waals surface area contributed by atoms with Crippen LogP contribution < -0.4 is 26.2 Å². The van der Waals surface area contributed by atoms with Gasteiger partial charge in [0.1, 0.15) is 0 Å². The van der Waals surface area contributed by atoms with E-state index in [9.17, 15) is 0 Å². The summed E-state index contributed by atoms with van der Waals surface area (Å²) in [6.07, 6.45) is 2.28. The van der Waals surface area contributed by atoms with Crippen LogP contribution in [-0.2, 0) is 21.7 Å². The van der Waals surface area contributed by atoms with Crippen LogP contribution in [0.4, 0.5) is 34.1 Å². The first kappa shape index (κ1) is 37.2. The molecule has 296 valence electrons. The van der Waals surface area contributed by atoms with Crippen molar-refractivity contribution < 1.29 is 0 Å². The van der Waals surface area contributed by atoms with Crippen LogP contribution in [-0.4, -0.2) is 6.71 Å². The Kier molecular flexibility index (Phi) is 7.83. The fourth-order valence-corrected chi connectivity index (χ4v) is 12.5. The Bertz CT molecular complexity index is 2900. The highest BCUT2D eigenvalue weighted by Gasteiger charge is 2.49. The van der Waals surface area contributed by atoms with Gasteiger partial charge < -0.3 is 9.80 Å². The van der Waals surface area contributed by atoms with E-state index >= 15 is 0 Å². The minimum atomic E-state index is 0.0600. The molecule has 0 amide bonds. The van der Waals surface area contributed by atoms with Crippen molar-refractivity contribution in [2.75, 3.05) is 9.80 Å². The van der Waals surface area contributed by atoms with Gasteiger partial charge in [0.2, 0.25) is 0 Å². The molecule has 0 aromatic heterocycles. The second-order valence-electron chi connectivity index (χ2n) is 21.0. The number of fused-ring (bicyclic) bond motifs is 6. The van der Waals surface area contributed by atoms with Gasteiger partial charge in [0.05, 0.1) is 0 Å². The molecule has 0 N–H and O–H groups in total. The summed E-state index contributed by atoms with van der Waals surface area (Å²) in [5, 5.41) is 0. The molecular formula is C57H55BN2. The third kappa shape index (κ3) is 5.47. The predicted molar refractivity (Wildman–Crippen MR) is 257 cm³/mol. The number of rotatable bonds is 4. The number of nitrogens with zero attached hydrogens (tertiary/aromatic N) is 2. The van der Waals surface area contributed by atoms with Crippen LogP contribution in [0.3, 0.4) is 0 Å². The second kappa shape index (κ2) is 12.6. The molecule has 0 fully saturated rings. The Morgan fingerprint density at radius 3 is 1.50 bits per heavy atom. The van der Waals surface area contributed by atoms with Crippen LogP contribution in [0.2, 0.25) is 0 Å². The summed E-state index contributed by atoms with van der Waals surface area (Å²) in [7, 11) is 0. The van der Waals surface area contributed by atoms with Crippen molar-refractivity contribution >= 4 is 57.2 Å². The molecule has 0 atom stereocenters. The van der Waals surface area contributed by atoms with Crippen LogP contribution in [0.15, 0.2) is 146 Å². The largest absolute Gasteiger partial charge is 0.311 e. The van der Waals surface area contributed by atoms with E-state index in [4.69, 9.17) is 0 Å². The minimum Gasteiger partial charge on any atom is -0.311 e. The summed E-state index contributed by atoms with van der Waals surface area (Å²) >= 11 is 0. The number of benzene rings is 7. The van der Waals surface area contributed by atoms with Gasteiger partial charge in [-0.3, -0.25) is 0 Å². The van der Waals surface area contributed by atoms with E-state index in [-0.39, 0.29) is 28.4 Å². The lowest BCUT2D eigenvalue weighted by Gasteiger charge is -2.45. The molecule has 11 rings (SSSR count). The maximum absolute atomic E-state index is 2.66. The smallest absolute Gasteiger partial charge is 0.252 e. The van der Waals surface area contributed by atoms with Crippen LogP contribution in [0, 0.1) is 6.92 Å². The third-order valence-corrected chi connectivity index (χ3v) is 14.6. The van der Waals surface area contributed by atoms with Crippen LogP contribution in [0.1, 0.15) is 96.0 Å². The van der Waals surface area contributed by atoms with E-state index in [1.807, 2.05) is 0 Å². The first-order valence-corrected chi connectivity index (χ1v) is 22.1. The van der Waals surface area contributed by atoms with E-state index in [1.165, 1.54) is 101 Å². The van der Waals surface area contributed by atoms with Gasteiger partial charge in [0, 0.05) is 34.1 Å². The summed E-state index contributed by atoms with van der Waals surface area (Å²) < 4.78 is 0. The molecular weight excluding hydrogens is 723 g/mol. The number of aryl methyl sites for hydroxylation is 1. The first-order valence-electron chi connectivity index (χ1n) is 22.1. The molecule has 2 aliphatic carbocycles. The minimum absolute atomic E-state index is 0.0600. The number of hydrogen-bond donors (Lipinski definition) is 0. The van der Waals surface area contributed by atoms with Gasteiger partial charge in [-0.2, -0.15) is 0 Å². The van der Waals surface area contributed by atoms with E-state index in [2.05, 4.69) is 218 Å². The van der Waals surface area contributed by atoms with Crippen molar-refractivity contribution in [3.05, 3.63) is 173 Å². The summed E-state index contributed by atoms with van der Waals surface area (Å²) in [6.45, 7) is 21.9. The van der Waals surface area contributed by atoms with Crippen molar-refractivity contribution in [2.24, 2.45) is 0 Å². The maximum atomic E-state index is 2.66. The average Bonchev–Trinajstić information content (AvgIpc) is 3.53. The van der Waals surface area contributed by atoms with Crippen molar-refractivity contribution in [3.8, 4) is 22.3 Å². The normalized spacial score (nSPS) is 18.1. The molecule has 2 nitrogen and oxygen atoms in total. The second-order valence-corrected chi connectivity index (χ2v) is 21.0. The molecule has 0 unspecified atom stereocenters. The van der Waals surface area contributed by atoms with Gasteiger partial charge in [-0.15, -0.1) is 0 Å². The van der Waals surface area contributed by atoms with Crippen LogP contribution >= 0.6 is 0 Å². The Morgan fingerprint density at radius 1 is 0.383 bits per heavy atom. The molecule has 0 saturated heterocycles. The molecule has 0 spiro atoms. The SMILES string of the molecule is Cc1cc2c3c(c1)N(c1ccc4c(c1)C(C)(C)CC4(C)C)c1cc4c(cc1B3c1ccc(-c3ccccc3)cc1N2c1cccc(-c2ccccc2)c1)C(C)(C)CC4(C)C. The van der Waals surface area contributed by atoms with Crippen molar-refractivity contribution in [1.29, 1.82) is 0 Å². The topological polar surface area (TPSA) is 6.48 Å².